The SMILES string of the molecule is CN1CC(C(C)(C)C)C2C#CCC=CC21C. The molecule has 1 heterocycles. The molecule has 0 aromatic rings. The van der Waals surface area contributed by atoms with Crippen molar-refractivity contribution in [3.63, 3.8) is 0 Å². The molecule has 3 atom stereocenters. The van der Waals surface area contributed by atoms with Gasteiger partial charge in [0.05, 0.1) is 5.54 Å². The summed E-state index contributed by atoms with van der Waals surface area (Å²) in [6, 6.07) is 0. The van der Waals surface area contributed by atoms with Gasteiger partial charge in [0.15, 0.2) is 0 Å². The van der Waals surface area contributed by atoms with Crippen LogP contribution in [0.4, 0.5) is 0 Å². The first kappa shape index (κ1) is 11.7. The van der Waals surface area contributed by atoms with Gasteiger partial charge < -0.3 is 0 Å². The number of rotatable bonds is 0. The molecule has 1 heteroatoms. The molecular formula is C15H23N. The Labute approximate surface area is 99.9 Å². The molecular weight excluding hydrogens is 194 g/mol. The van der Waals surface area contributed by atoms with Gasteiger partial charge >= 0.3 is 0 Å². The van der Waals surface area contributed by atoms with E-state index >= 15 is 0 Å². The van der Waals surface area contributed by atoms with E-state index in [2.05, 4.69) is 63.6 Å². The van der Waals surface area contributed by atoms with Crippen molar-refractivity contribution < 1.29 is 0 Å². The number of hydrogen-bond acceptors (Lipinski definition) is 1. The third kappa shape index (κ3) is 1.70. The number of allylic oxidation sites excluding steroid dienone is 1. The highest BCUT2D eigenvalue weighted by Crippen LogP contribution is 2.46. The van der Waals surface area contributed by atoms with Crippen molar-refractivity contribution in [3.8, 4) is 11.8 Å². The lowest BCUT2D eigenvalue weighted by Gasteiger charge is -2.34. The van der Waals surface area contributed by atoms with Crippen LogP contribution in [0.1, 0.15) is 34.1 Å². The van der Waals surface area contributed by atoms with E-state index in [0.717, 1.165) is 13.0 Å². The van der Waals surface area contributed by atoms with E-state index in [1.54, 1.807) is 0 Å². The van der Waals surface area contributed by atoms with E-state index < -0.39 is 0 Å². The van der Waals surface area contributed by atoms with Gasteiger partial charge in [-0.05, 0) is 25.3 Å². The zero-order valence-electron chi connectivity index (χ0n) is 11.2. The maximum absolute atomic E-state index is 3.52. The van der Waals surface area contributed by atoms with Gasteiger partial charge in [0.25, 0.3) is 0 Å². The number of hydrogen-bond donors (Lipinski definition) is 0. The first-order valence-electron chi connectivity index (χ1n) is 6.23. The van der Waals surface area contributed by atoms with Crippen molar-refractivity contribution in [2.75, 3.05) is 13.6 Å². The molecule has 1 aliphatic carbocycles. The summed E-state index contributed by atoms with van der Waals surface area (Å²) in [5.41, 5.74) is 0.477. The lowest BCUT2D eigenvalue weighted by Crippen LogP contribution is -2.41. The smallest absolute Gasteiger partial charge is 0.0501 e. The minimum Gasteiger partial charge on any atom is -0.296 e. The summed E-state index contributed by atoms with van der Waals surface area (Å²) < 4.78 is 0. The first-order chi connectivity index (χ1) is 7.36. The summed E-state index contributed by atoms with van der Waals surface area (Å²) in [6.45, 7) is 10.5. The summed E-state index contributed by atoms with van der Waals surface area (Å²) in [4.78, 5) is 2.48. The van der Waals surface area contributed by atoms with Crippen LogP contribution in [0.3, 0.4) is 0 Å². The Balaban J connectivity index is 2.41. The maximum Gasteiger partial charge on any atom is 0.0501 e. The average Bonchev–Trinajstić information content (AvgIpc) is 2.35. The molecule has 16 heavy (non-hydrogen) atoms. The maximum atomic E-state index is 3.52. The molecule has 0 N–H and O–H groups in total. The standard InChI is InChI=1S/C15H23N/c1-14(2,3)13-11-16(5)15(4)10-8-6-7-9-12(13)15/h8,10,12-13H,6,11H2,1-5H3. The Morgan fingerprint density at radius 3 is 2.69 bits per heavy atom. The summed E-state index contributed by atoms with van der Waals surface area (Å²) in [6.07, 6.45) is 5.50. The molecule has 3 unspecified atom stereocenters. The lowest BCUT2D eigenvalue weighted by atomic mass is 9.70. The topological polar surface area (TPSA) is 3.24 Å². The largest absolute Gasteiger partial charge is 0.296 e. The van der Waals surface area contributed by atoms with Crippen molar-refractivity contribution in [1.82, 2.24) is 4.90 Å². The Hall–Kier alpha value is -0.740. The van der Waals surface area contributed by atoms with Gasteiger partial charge in [0, 0.05) is 18.9 Å². The molecule has 0 saturated carbocycles. The van der Waals surface area contributed by atoms with E-state index in [1.807, 2.05) is 0 Å². The molecule has 2 aliphatic rings. The molecule has 1 saturated heterocycles. The molecule has 0 aromatic heterocycles. The fourth-order valence-corrected chi connectivity index (χ4v) is 3.02. The van der Waals surface area contributed by atoms with Crippen molar-refractivity contribution in [2.45, 2.75) is 39.7 Å². The Bertz CT molecular complexity index is 363. The van der Waals surface area contributed by atoms with Gasteiger partial charge in [0.2, 0.25) is 0 Å². The van der Waals surface area contributed by atoms with Crippen LogP contribution in [0.25, 0.3) is 0 Å². The van der Waals surface area contributed by atoms with Crippen LogP contribution >= 0.6 is 0 Å². The Kier molecular flexibility index (Phi) is 2.67. The monoisotopic (exact) mass is 217 g/mol. The van der Waals surface area contributed by atoms with E-state index in [4.69, 9.17) is 0 Å². The molecule has 1 aliphatic heterocycles. The summed E-state index contributed by atoms with van der Waals surface area (Å²) in [5, 5.41) is 0. The van der Waals surface area contributed by atoms with Crippen LogP contribution in [0.5, 0.6) is 0 Å². The first-order valence-corrected chi connectivity index (χ1v) is 6.23. The summed E-state index contributed by atoms with van der Waals surface area (Å²) in [7, 11) is 2.23. The van der Waals surface area contributed by atoms with E-state index in [-0.39, 0.29) is 5.54 Å². The molecule has 0 bridgehead atoms. The van der Waals surface area contributed by atoms with Crippen LogP contribution in [0.2, 0.25) is 0 Å². The zero-order chi connectivity index (χ0) is 12.0. The molecule has 0 radical (unpaired) electrons. The van der Waals surface area contributed by atoms with Gasteiger partial charge in [-0.15, -0.1) is 0 Å². The zero-order valence-corrected chi connectivity index (χ0v) is 11.2. The van der Waals surface area contributed by atoms with Gasteiger partial charge in [-0.2, -0.15) is 0 Å². The lowest BCUT2D eigenvalue weighted by molar-refractivity contribution is 0.212. The van der Waals surface area contributed by atoms with Crippen molar-refractivity contribution in [2.24, 2.45) is 17.3 Å². The van der Waals surface area contributed by atoms with Gasteiger partial charge in [0.1, 0.15) is 0 Å². The predicted octanol–water partition coefficient (Wildman–Crippen LogP) is 2.93. The number of fused-ring (bicyclic) bond motifs is 1. The van der Waals surface area contributed by atoms with Crippen LogP contribution < -0.4 is 0 Å². The van der Waals surface area contributed by atoms with Crippen LogP contribution in [0.15, 0.2) is 12.2 Å². The average molecular weight is 217 g/mol. The molecule has 88 valence electrons. The quantitative estimate of drug-likeness (QED) is 0.445. The van der Waals surface area contributed by atoms with Crippen molar-refractivity contribution >= 4 is 0 Å². The van der Waals surface area contributed by atoms with E-state index in [0.29, 0.717) is 17.3 Å². The predicted molar refractivity (Wildman–Crippen MR) is 69.0 cm³/mol. The number of likely N-dealkylation sites (N-methyl/N-ethyl adjacent to an activating group) is 1. The highest BCUT2D eigenvalue weighted by Gasteiger charge is 2.50. The van der Waals surface area contributed by atoms with Gasteiger partial charge in [-0.3, -0.25) is 4.90 Å². The van der Waals surface area contributed by atoms with Crippen LogP contribution in [0, 0.1) is 29.1 Å². The molecule has 0 spiro atoms. The van der Waals surface area contributed by atoms with Crippen molar-refractivity contribution in [1.29, 1.82) is 0 Å². The normalized spacial score (nSPS) is 38.8. The minimum absolute atomic E-state index is 0.140. The molecule has 1 nitrogen and oxygen atoms in total. The Morgan fingerprint density at radius 1 is 1.38 bits per heavy atom. The minimum atomic E-state index is 0.140. The van der Waals surface area contributed by atoms with Gasteiger partial charge in [-0.1, -0.05) is 44.8 Å². The molecule has 1 fully saturated rings. The second kappa shape index (κ2) is 3.64. The number of likely N-dealkylation sites (tertiary alicyclic amines) is 1. The Morgan fingerprint density at radius 2 is 2.06 bits per heavy atom. The van der Waals surface area contributed by atoms with Crippen molar-refractivity contribution in [3.05, 3.63) is 12.2 Å². The second-order valence-electron chi connectivity index (χ2n) is 6.48. The highest BCUT2D eigenvalue weighted by molar-refractivity contribution is 5.28. The molecule has 2 rings (SSSR count). The molecule has 0 aromatic carbocycles. The second-order valence-corrected chi connectivity index (χ2v) is 6.48. The van der Waals surface area contributed by atoms with Crippen LogP contribution in [-0.4, -0.2) is 24.0 Å². The van der Waals surface area contributed by atoms with E-state index in [9.17, 15) is 0 Å². The van der Waals surface area contributed by atoms with Crippen LogP contribution in [-0.2, 0) is 0 Å². The van der Waals surface area contributed by atoms with Gasteiger partial charge in [-0.25, -0.2) is 0 Å². The highest BCUT2D eigenvalue weighted by atomic mass is 15.2. The third-order valence-electron chi connectivity index (χ3n) is 4.37. The third-order valence-corrected chi connectivity index (χ3v) is 4.37. The summed E-state index contributed by atoms with van der Waals surface area (Å²) in [5.74, 6) is 7.97. The fraction of sp³-hybridized carbons (Fsp3) is 0.733. The van der Waals surface area contributed by atoms with E-state index in [1.165, 1.54) is 0 Å². The number of nitrogens with zero attached hydrogens (tertiary/aromatic N) is 1. The fourth-order valence-electron chi connectivity index (χ4n) is 3.02. The molecule has 0 amide bonds. The summed E-state index contributed by atoms with van der Waals surface area (Å²) >= 11 is 0.